The summed E-state index contributed by atoms with van der Waals surface area (Å²) in [5, 5.41) is 2.76. The molecule has 2 rings (SSSR count). The molecule has 0 aliphatic carbocycles. The summed E-state index contributed by atoms with van der Waals surface area (Å²) in [7, 11) is 1.32. The van der Waals surface area contributed by atoms with Crippen LogP contribution in [0.2, 0.25) is 0 Å². The lowest BCUT2D eigenvalue weighted by atomic mass is 10.2. The number of anilines is 1. The third-order valence-corrected chi connectivity index (χ3v) is 3.06. The summed E-state index contributed by atoms with van der Waals surface area (Å²) in [6.07, 6.45) is 3.69. The van der Waals surface area contributed by atoms with E-state index in [1.807, 2.05) is 23.9 Å². The molecular weight excluding hydrogens is 268 g/mol. The third-order valence-electron chi connectivity index (χ3n) is 3.06. The number of carbonyl (C=O) groups excluding carboxylic acids is 2. The Hall–Kier alpha value is -2.69. The summed E-state index contributed by atoms with van der Waals surface area (Å²) in [6.45, 7) is 2.88. The van der Waals surface area contributed by atoms with Crippen molar-refractivity contribution in [2.45, 2.75) is 13.5 Å². The Bertz CT molecular complexity index is 651. The van der Waals surface area contributed by atoms with Gasteiger partial charge in [-0.3, -0.25) is 4.79 Å². The van der Waals surface area contributed by atoms with Gasteiger partial charge in [-0.2, -0.15) is 0 Å². The average Bonchev–Trinajstić information content (AvgIpc) is 2.54. The van der Waals surface area contributed by atoms with Gasteiger partial charge in [0.05, 0.1) is 18.2 Å². The monoisotopic (exact) mass is 285 g/mol. The number of nitrogens with zero attached hydrogens (tertiary/aromatic N) is 1. The van der Waals surface area contributed by atoms with Crippen molar-refractivity contribution in [3.05, 3.63) is 59.9 Å². The predicted octanol–water partition coefficient (Wildman–Crippen LogP) is 2.03. The number of hydrogen-bond acceptors (Lipinski definition) is 3. The smallest absolute Gasteiger partial charge is 0.337 e. The van der Waals surface area contributed by atoms with Crippen LogP contribution in [0.15, 0.2) is 48.8 Å². The van der Waals surface area contributed by atoms with E-state index < -0.39 is 5.97 Å². The van der Waals surface area contributed by atoms with Crippen LogP contribution < -0.4 is 9.88 Å². The second kappa shape index (κ2) is 6.65. The van der Waals surface area contributed by atoms with Crippen molar-refractivity contribution in [3.63, 3.8) is 0 Å². The van der Waals surface area contributed by atoms with Gasteiger partial charge in [-0.05, 0) is 25.1 Å². The van der Waals surface area contributed by atoms with E-state index in [1.165, 1.54) is 7.11 Å². The highest BCUT2D eigenvalue weighted by Gasteiger charge is 2.10. The maximum absolute atomic E-state index is 12.1. The minimum Gasteiger partial charge on any atom is -0.465 e. The highest BCUT2D eigenvalue weighted by Crippen LogP contribution is 2.12. The van der Waals surface area contributed by atoms with Crippen LogP contribution in [0.3, 0.4) is 0 Å². The van der Waals surface area contributed by atoms with E-state index in [2.05, 4.69) is 10.1 Å². The van der Waals surface area contributed by atoms with Crippen molar-refractivity contribution in [2.24, 2.45) is 0 Å². The lowest BCUT2D eigenvalue weighted by Gasteiger charge is -2.06. The molecule has 0 radical (unpaired) electrons. The second-order valence-corrected chi connectivity index (χ2v) is 4.44. The predicted molar refractivity (Wildman–Crippen MR) is 78.0 cm³/mol. The van der Waals surface area contributed by atoms with E-state index in [0.29, 0.717) is 16.8 Å². The molecule has 0 aliphatic rings. The Morgan fingerprint density at radius 1 is 1.14 bits per heavy atom. The number of methoxy groups -OCH3 is 1. The number of rotatable bonds is 4. The van der Waals surface area contributed by atoms with Crippen LogP contribution in [-0.2, 0) is 11.3 Å². The Kier molecular flexibility index (Phi) is 4.66. The molecule has 0 saturated carbocycles. The molecule has 0 aliphatic heterocycles. The van der Waals surface area contributed by atoms with E-state index in [4.69, 9.17) is 0 Å². The molecule has 108 valence electrons. The van der Waals surface area contributed by atoms with Crippen molar-refractivity contribution >= 4 is 17.6 Å². The zero-order valence-corrected chi connectivity index (χ0v) is 12.0. The lowest BCUT2D eigenvalue weighted by molar-refractivity contribution is -0.693. The summed E-state index contributed by atoms with van der Waals surface area (Å²) >= 11 is 0. The number of hydrogen-bond donors (Lipinski definition) is 1. The highest BCUT2D eigenvalue weighted by atomic mass is 16.5. The number of benzene rings is 1. The van der Waals surface area contributed by atoms with E-state index >= 15 is 0 Å². The van der Waals surface area contributed by atoms with Gasteiger partial charge in [-0.15, -0.1) is 0 Å². The minimum absolute atomic E-state index is 0.222. The van der Waals surface area contributed by atoms with Gasteiger partial charge in [0.25, 0.3) is 5.91 Å². The normalized spacial score (nSPS) is 10.0. The first-order chi connectivity index (χ1) is 10.1. The summed E-state index contributed by atoms with van der Waals surface area (Å²) in [6, 6.07) is 10.1. The van der Waals surface area contributed by atoms with Gasteiger partial charge >= 0.3 is 5.97 Å². The molecule has 1 amide bonds. The molecule has 0 saturated heterocycles. The van der Waals surface area contributed by atoms with Crippen LogP contribution in [0.1, 0.15) is 27.6 Å². The summed E-state index contributed by atoms with van der Waals surface area (Å²) in [5.41, 5.74) is 1.51. The van der Waals surface area contributed by atoms with E-state index in [-0.39, 0.29) is 5.91 Å². The molecule has 0 fully saturated rings. The quantitative estimate of drug-likeness (QED) is 0.690. The van der Waals surface area contributed by atoms with Gasteiger partial charge in [0.2, 0.25) is 0 Å². The average molecular weight is 285 g/mol. The maximum Gasteiger partial charge on any atom is 0.337 e. The van der Waals surface area contributed by atoms with Crippen molar-refractivity contribution in [1.82, 2.24) is 0 Å². The number of aromatic nitrogens is 1. The van der Waals surface area contributed by atoms with Crippen LogP contribution >= 0.6 is 0 Å². The number of nitrogens with one attached hydrogen (secondary N) is 1. The SMILES string of the molecule is CC[n+]1ccc(C(=O)Nc2cccc(C(=O)OC)c2)cc1. The molecule has 1 aromatic carbocycles. The summed E-state index contributed by atoms with van der Waals surface area (Å²) in [4.78, 5) is 23.6. The summed E-state index contributed by atoms with van der Waals surface area (Å²) in [5.74, 6) is -0.657. The molecule has 0 atom stereocenters. The Labute approximate surface area is 123 Å². The fourth-order valence-electron chi connectivity index (χ4n) is 1.86. The van der Waals surface area contributed by atoms with Gasteiger partial charge in [-0.25, -0.2) is 9.36 Å². The minimum atomic E-state index is -0.435. The van der Waals surface area contributed by atoms with Crippen molar-refractivity contribution < 1.29 is 18.9 Å². The molecule has 1 heterocycles. The first kappa shape index (κ1) is 14.7. The molecule has 2 aromatic rings. The van der Waals surface area contributed by atoms with E-state index in [9.17, 15) is 9.59 Å². The third kappa shape index (κ3) is 3.66. The first-order valence-corrected chi connectivity index (χ1v) is 6.63. The molecule has 5 heteroatoms. The summed E-state index contributed by atoms with van der Waals surface area (Å²) < 4.78 is 6.62. The van der Waals surface area contributed by atoms with Gasteiger partial charge < -0.3 is 10.1 Å². The van der Waals surface area contributed by atoms with Crippen LogP contribution in [0.4, 0.5) is 5.69 Å². The molecule has 5 nitrogen and oxygen atoms in total. The van der Waals surface area contributed by atoms with Crippen LogP contribution in [0.25, 0.3) is 0 Å². The molecule has 1 aromatic heterocycles. The topological polar surface area (TPSA) is 59.3 Å². The zero-order chi connectivity index (χ0) is 15.2. The number of amides is 1. The fourth-order valence-corrected chi connectivity index (χ4v) is 1.86. The Morgan fingerprint density at radius 3 is 2.48 bits per heavy atom. The van der Waals surface area contributed by atoms with Gasteiger partial charge in [-0.1, -0.05) is 6.07 Å². The Balaban J connectivity index is 2.13. The number of pyridine rings is 1. The van der Waals surface area contributed by atoms with Crippen LogP contribution in [-0.4, -0.2) is 19.0 Å². The van der Waals surface area contributed by atoms with Crippen molar-refractivity contribution in [3.8, 4) is 0 Å². The van der Waals surface area contributed by atoms with Gasteiger partial charge in [0, 0.05) is 17.8 Å². The van der Waals surface area contributed by atoms with Crippen molar-refractivity contribution in [2.75, 3.05) is 12.4 Å². The van der Waals surface area contributed by atoms with Crippen LogP contribution in [0, 0.1) is 0 Å². The standard InChI is InChI=1S/C16H16N2O3/c1-3-18-9-7-12(8-10-18)15(19)17-14-6-4-5-13(11-14)16(20)21-2/h4-11H,3H2,1-2H3/p+1. The molecule has 0 unspecified atom stereocenters. The largest absolute Gasteiger partial charge is 0.465 e. The number of carbonyl (C=O) groups is 2. The van der Waals surface area contributed by atoms with Gasteiger partial charge in [0.1, 0.15) is 6.54 Å². The van der Waals surface area contributed by atoms with Gasteiger partial charge in [0.15, 0.2) is 12.4 Å². The second-order valence-electron chi connectivity index (χ2n) is 4.44. The molecule has 0 bridgehead atoms. The molecule has 0 spiro atoms. The van der Waals surface area contributed by atoms with E-state index in [1.54, 1.807) is 36.4 Å². The maximum atomic E-state index is 12.1. The molecular formula is C16H17N2O3+. The molecule has 21 heavy (non-hydrogen) atoms. The number of aryl methyl sites for hydroxylation is 1. The number of ether oxygens (including phenoxy) is 1. The zero-order valence-electron chi connectivity index (χ0n) is 12.0. The number of esters is 1. The fraction of sp³-hybridized carbons (Fsp3) is 0.188. The Morgan fingerprint density at radius 2 is 1.86 bits per heavy atom. The van der Waals surface area contributed by atoms with Crippen LogP contribution in [0.5, 0.6) is 0 Å². The molecule has 1 N–H and O–H groups in total. The first-order valence-electron chi connectivity index (χ1n) is 6.63. The van der Waals surface area contributed by atoms with E-state index in [0.717, 1.165) is 6.54 Å². The lowest BCUT2D eigenvalue weighted by Crippen LogP contribution is -2.31. The van der Waals surface area contributed by atoms with Crippen molar-refractivity contribution in [1.29, 1.82) is 0 Å². The highest BCUT2D eigenvalue weighted by molar-refractivity contribution is 6.04.